The van der Waals surface area contributed by atoms with Gasteiger partial charge in [-0.05, 0) is 24.1 Å². The van der Waals surface area contributed by atoms with E-state index >= 15 is 0 Å². The van der Waals surface area contributed by atoms with Crippen LogP contribution >= 0.6 is 0 Å². The summed E-state index contributed by atoms with van der Waals surface area (Å²) in [5.74, 6) is 0. The van der Waals surface area contributed by atoms with Crippen LogP contribution in [0.4, 0.5) is 13.2 Å². The molecule has 2 fully saturated rings. The van der Waals surface area contributed by atoms with E-state index in [1.807, 2.05) is 0 Å². The fraction of sp³-hybridized carbons (Fsp3) is 0.700. The molecule has 2 aliphatic rings. The largest absolute Gasteiger partial charge is 0.416 e. The molecule has 0 bridgehead atoms. The minimum absolute atomic E-state index is 0.147. The lowest BCUT2D eigenvalue weighted by atomic mass is 10.0. The molecule has 2 atom stereocenters. The van der Waals surface area contributed by atoms with Crippen LogP contribution in [0.2, 0.25) is 0 Å². The maximum atomic E-state index is 12.7. The van der Waals surface area contributed by atoms with Crippen molar-refractivity contribution < 1.29 is 22.6 Å². The Morgan fingerprint density at radius 2 is 1.82 bits per heavy atom. The van der Waals surface area contributed by atoms with E-state index in [1.54, 1.807) is 19.2 Å². The minimum Gasteiger partial charge on any atom is -0.382 e. The molecule has 158 valence electrons. The summed E-state index contributed by atoms with van der Waals surface area (Å²) in [6.07, 6.45) is -3.39. The molecule has 1 aromatic carbocycles. The van der Waals surface area contributed by atoms with Crippen LogP contribution in [-0.4, -0.2) is 88.1 Å². The Kier molecular flexibility index (Phi) is 7.70. The average molecular weight is 401 g/mol. The van der Waals surface area contributed by atoms with Crippen LogP contribution in [0.25, 0.3) is 0 Å². The maximum absolute atomic E-state index is 12.7. The van der Waals surface area contributed by atoms with E-state index in [4.69, 9.17) is 9.47 Å². The molecule has 2 heterocycles. The van der Waals surface area contributed by atoms with Crippen molar-refractivity contribution in [2.24, 2.45) is 0 Å². The van der Waals surface area contributed by atoms with Gasteiger partial charge in [-0.1, -0.05) is 12.1 Å². The molecular formula is C20H30F3N3O2. The van der Waals surface area contributed by atoms with E-state index in [1.165, 1.54) is 12.1 Å². The van der Waals surface area contributed by atoms with Gasteiger partial charge in [0, 0.05) is 59.0 Å². The molecule has 3 rings (SSSR count). The van der Waals surface area contributed by atoms with Crippen molar-refractivity contribution in [3.8, 4) is 0 Å². The average Bonchev–Trinajstić information content (AvgIpc) is 2.67. The highest BCUT2D eigenvalue weighted by Gasteiger charge is 2.30. The van der Waals surface area contributed by atoms with Gasteiger partial charge >= 0.3 is 6.18 Å². The number of ether oxygens (including phenoxy) is 2. The summed E-state index contributed by atoms with van der Waals surface area (Å²) in [6, 6.07) is 5.78. The Labute approximate surface area is 164 Å². The van der Waals surface area contributed by atoms with Gasteiger partial charge in [-0.25, -0.2) is 0 Å². The number of hydrogen-bond acceptors (Lipinski definition) is 5. The van der Waals surface area contributed by atoms with E-state index in [9.17, 15) is 13.2 Å². The molecule has 5 nitrogen and oxygen atoms in total. The second-order valence-corrected chi connectivity index (χ2v) is 7.60. The van der Waals surface area contributed by atoms with Crippen LogP contribution in [0.5, 0.6) is 0 Å². The predicted molar refractivity (Wildman–Crippen MR) is 101 cm³/mol. The number of benzene rings is 1. The van der Waals surface area contributed by atoms with Gasteiger partial charge in [-0.15, -0.1) is 0 Å². The maximum Gasteiger partial charge on any atom is 0.416 e. The van der Waals surface area contributed by atoms with Gasteiger partial charge in [0.15, 0.2) is 0 Å². The number of methoxy groups -OCH3 is 1. The van der Waals surface area contributed by atoms with Crippen LogP contribution in [-0.2, 0) is 22.1 Å². The highest BCUT2D eigenvalue weighted by molar-refractivity contribution is 5.25. The number of hydrogen-bond donors (Lipinski definition) is 1. The molecule has 2 aliphatic heterocycles. The standard InChI is InChI=1S/C20H30F3N3O2/c1-27-15-19-14-26(10-11-28-19)9-8-25-7-6-24-18(13-25)12-16-2-4-17(5-3-16)20(21,22)23/h2-5,18-19,24H,6-15H2,1H3/t18-,19+/m1/s1. The normalized spacial score (nSPS) is 25.1. The first kappa shape index (κ1) is 21.5. The highest BCUT2D eigenvalue weighted by atomic mass is 19.4. The quantitative estimate of drug-likeness (QED) is 0.755. The summed E-state index contributed by atoms with van der Waals surface area (Å²) in [5, 5.41) is 3.49. The van der Waals surface area contributed by atoms with Gasteiger partial charge in [0.25, 0.3) is 0 Å². The Balaban J connectivity index is 1.44. The van der Waals surface area contributed by atoms with Gasteiger partial charge < -0.3 is 14.8 Å². The van der Waals surface area contributed by atoms with Crippen molar-refractivity contribution in [3.05, 3.63) is 35.4 Å². The monoisotopic (exact) mass is 401 g/mol. The lowest BCUT2D eigenvalue weighted by Gasteiger charge is -2.37. The highest BCUT2D eigenvalue weighted by Crippen LogP contribution is 2.29. The molecule has 0 aliphatic carbocycles. The Hall–Kier alpha value is -1.19. The second-order valence-electron chi connectivity index (χ2n) is 7.60. The number of halogens is 3. The molecule has 2 saturated heterocycles. The van der Waals surface area contributed by atoms with Crippen LogP contribution < -0.4 is 5.32 Å². The van der Waals surface area contributed by atoms with Crippen LogP contribution in [0, 0.1) is 0 Å². The van der Waals surface area contributed by atoms with Gasteiger partial charge in [0.2, 0.25) is 0 Å². The molecule has 1 N–H and O–H groups in total. The van der Waals surface area contributed by atoms with E-state index in [-0.39, 0.29) is 12.1 Å². The first-order chi connectivity index (χ1) is 13.4. The van der Waals surface area contributed by atoms with Crippen LogP contribution in [0.1, 0.15) is 11.1 Å². The molecule has 1 aromatic rings. The van der Waals surface area contributed by atoms with Crippen molar-refractivity contribution in [3.63, 3.8) is 0 Å². The zero-order valence-corrected chi connectivity index (χ0v) is 16.4. The predicted octanol–water partition coefficient (Wildman–Crippen LogP) is 1.87. The molecule has 0 amide bonds. The topological polar surface area (TPSA) is 37.0 Å². The third kappa shape index (κ3) is 6.42. The first-order valence-electron chi connectivity index (χ1n) is 9.89. The molecule has 28 heavy (non-hydrogen) atoms. The molecule has 0 radical (unpaired) electrons. The van der Waals surface area contributed by atoms with Gasteiger partial charge in [-0.3, -0.25) is 9.80 Å². The molecule has 0 unspecified atom stereocenters. The van der Waals surface area contributed by atoms with Crippen molar-refractivity contribution in [1.29, 1.82) is 0 Å². The number of nitrogens with zero attached hydrogens (tertiary/aromatic N) is 2. The summed E-state index contributed by atoms with van der Waals surface area (Å²) >= 11 is 0. The first-order valence-corrected chi connectivity index (χ1v) is 9.89. The third-order valence-corrected chi connectivity index (χ3v) is 5.41. The summed E-state index contributed by atoms with van der Waals surface area (Å²) in [7, 11) is 1.69. The number of morpholine rings is 1. The fourth-order valence-electron chi connectivity index (χ4n) is 3.90. The van der Waals surface area contributed by atoms with Crippen molar-refractivity contribution >= 4 is 0 Å². The van der Waals surface area contributed by atoms with Crippen LogP contribution in [0.15, 0.2) is 24.3 Å². The zero-order valence-electron chi connectivity index (χ0n) is 16.4. The van der Waals surface area contributed by atoms with Crippen molar-refractivity contribution in [2.75, 3.05) is 66.1 Å². The van der Waals surface area contributed by atoms with Gasteiger partial charge in [0.1, 0.15) is 0 Å². The number of piperazine rings is 1. The molecule has 0 aromatic heterocycles. The Morgan fingerprint density at radius 3 is 2.50 bits per heavy atom. The Morgan fingerprint density at radius 1 is 1.11 bits per heavy atom. The summed E-state index contributed by atoms with van der Waals surface area (Å²) in [5.41, 5.74) is 0.342. The Bertz CT molecular complexity index is 595. The fourth-order valence-corrected chi connectivity index (χ4v) is 3.90. The number of alkyl halides is 3. The van der Waals surface area contributed by atoms with Crippen molar-refractivity contribution in [1.82, 2.24) is 15.1 Å². The lowest BCUT2D eigenvalue weighted by Crippen LogP contribution is -2.54. The zero-order chi connectivity index (χ0) is 20.0. The van der Waals surface area contributed by atoms with E-state index in [0.29, 0.717) is 6.61 Å². The SMILES string of the molecule is COC[C@@H]1CN(CCN2CCN[C@H](Cc3ccc(C(F)(F)F)cc3)C2)CCO1. The number of rotatable bonds is 7. The molecule has 8 heteroatoms. The second kappa shape index (κ2) is 10.0. The van der Waals surface area contributed by atoms with E-state index in [2.05, 4.69) is 15.1 Å². The molecule has 0 saturated carbocycles. The third-order valence-electron chi connectivity index (χ3n) is 5.41. The van der Waals surface area contributed by atoms with E-state index < -0.39 is 11.7 Å². The molecular weight excluding hydrogens is 371 g/mol. The van der Waals surface area contributed by atoms with Crippen LogP contribution in [0.3, 0.4) is 0 Å². The summed E-state index contributed by atoms with van der Waals surface area (Å²) in [4.78, 5) is 4.85. The molecule has 0 spiro atoms. The van der Waals surface area contributed by atoms with E-state index in [0.717, 1.165) is 64.4 Å². The van der Waals surface area contributed by atoms with Gasteiger partial charge in [-0.2, -0.15) is 13.2 Å². The lowest BCUT2D eigenvalue weighted by molar-refractivity contribution is -0.137. The van der Waals surface area contributed by atoms with Gasteiger partial charge in [0.05, 0.1) is 24.9 Å². The minimum atomic E-state index is -4.28. The number of nitrogens with one attached hydrogen (secondary N) is 1. The summed E-state index contributed by atoms with van der Waals surface area (Å²) < 4.78 is 49.0. The van der Waals surface area contributed by atoms with Crippen molar-refractivity contribution in [2.45, 2.75) is 24.7 Å². The summed E-state index contributed by atoms with van der Waals surface area (Å²) in [6.45, 7) is 8.01. The smallest absolute Gasteiger partial charge is 0.382 e.